The van der Waals surface area contributed by atoms with Gasteiger partial charge in [0.2, 0.25) is 0 Å². The van der Waals surface area contributed by atoms with Gasteiger partial charge in [-0.05, 0) is 56.5 Å². The second-order valence-electron chi connectivity index (χ2n) is 9.02. The van der Waals surface area contributed by atoms with Crippen LogP contribution in [-0.2, 0) is 24.5 Å². The van der Waals surface area contributed by atoms with Crippen LogP contribution in [0.1, 0.15) is 52.0 Å². The lowest BCUT2D eigenvalue weighted by atomic mass is 9.74. The molecule has 2 unspecified atom stereocenters. The number of carboxylic acids is 1. The summed E-state index contributed by atoms with van der Waals surface area (Å²) in [7, 11) is 3.37. The molecule has 2 atom stereocenters. The van der Waals surface area contributed by atoms with Gasteiger partial charge in [-0.3, -0.25) is 4.79 Å². The first-order valence-corrected chi connectivity index (χ1v) is 11.4. The fourth-order valence-corrected chi connectivity index (χ4v) is 4.33. The zero-order valence-corrected chi connectivity index (χ0v) is 20.2. The van der Waals surface area contributed by atoms with Gasteiger partial charge >= 0.3 is 11.9 Å². The minimum absolute atomic E-state index is 0.0101. The van der Waals surface area contributed by atoms with E-state index in [0.29, 0.717) is 5.75 Å². The smallest absolute Gasteiger partial charge is 0.340 e. The summed E-state index contributed by atoms with van der Waals surface area (Å²) in [5.74, 6) is -3.02. The predicted octanol–water partition coefficient (Wildman–Crippen LogP) is 3.11. The number of likely N-dealkylation sites (N-methyl/N-ethyl adjacent to an activating group) is 1. The summed E-state index contributed by atoms with van der Waals surface area (Å²) >= 11 is 0. The van der Waals surface area contributed by atoms with E-state index in [1.165, 1.54) is 13.5 Å². The van der Waals surface area contributed by atoms with Crippen molar-refractivity contribution in [3.05, 3.63) is 41.7 Å². The predicted molar refractivity (Wildman–Crippen MR) is 125 cm³/mol. The Morgan fingerprint density at radius 1 is 1.27 bits per heavy atom. The van der Waals surface area contributed by atoms with Crippen molar-refractivity contribution in [2.45, 2.75) is 57.9 Å². The molecule has 1 fully saturated rings. The number of hydrogen-bond acceptors (Lipinski definition) is 6. The molecular formula is C25H36N2O6. The fourth-order valence-electron chi connectivity index (χ4n) is 4.33. The minimum Gasteiger partial charge on any atom is -0.491 e. The van der Waals surface area contributed by atoms with Gasteiger partial charge in [0.1, 0.15) is 11.8 Å². The van der Waals surface area contributed by atoms with Crippen molar-refractivity contribution in [1.29, 1.82) is 0 Å². The van der Waals surface area contributed by atoms with Gasteiger partial charge in [0.05, 0.1) is 13.2 Å². The molecule has 2 N–H and O–H groups in total. The number of nitrogens with one attached hydrogen (secondary N) is 1. The van der Waals surface area contributed by atoms with Gasteiger partial charge in [0.25, 0.3) is 5.91 Å². The molecule has 0 aliphatic carbocycles. The van der Waals surface area contributed by atoms with E-state index in [9.17, 15) is 19.5 Å². The quantitative estimate of drug-likeness (QED) is 0.252. The number of aliphatic carboxylic acids is 1. The number of benzene rings is 1. The summed E-state index contributed by atoms with van der Waals surface area (Å²) in [6.45, 7) is 7.54. The van der Waals surface area contributed by atoms with Crippen molar-refractivity contribution in [3.63, 3.8) is 0 Å². The Balaban J connectivity index is 2.18. The highest BCUT2D eigenvalue weighted by atomic mass is 16.5. The molecule has 0 aromatic heterocycles. The number of nitrogens with zero attached hydrogens (tertiary/aromatic N) is 1. The van der Waals surface area contributed by atoms with Crippen LogP contribution < -0.4 is 10.1 Å². The molecule has 1 heterocycles. The highest BCUT2D eigenvalue weighted by Gasteiger charge is 2.33. The van der Waals surface area contributed by atoms with Crippen molar-refractivity contribution < 1.29 is 29.0 Å². The van der Waals surface area contributed by atoms with Gasteiger partial charge in [-0.25, -0.2) is 9.59 Å². The zero-order valence-electron chi connectivity index (χ0n) is 20.2. The number of hydrogen-bond donors (Lipinski definition) is 2. The monoisotopic (exact) mass is 460 g/mol. The van der Waals surface area contributed by atoms with Crippen molar-refractivity contribution in [2.24, 2.45) is 5.92 Å². The van der Waals surface area contributed by atoms with E-state index < -0.39 is 23.9 Å². The van der Waals surface area contributed by atoms with Crippen LogP contribution >= 0.6 is 0 Å². The van der Waals surface area contributed by atoms with Crippen LogP contribution in [0, 0.1) is 5.92 Å². The summed E-state index contributed by atoms with van der Waals surface area (Å²) in [5.41, 5.74) is 1.11. The van der Waals surface area contributed by atoms with Gasteiger partial charge in [-0.15, -0.1) is 0 Å². The SMILES string of the molecule is CCC1(c2cccc(OC(=O)/C=C(\OC)C(=O)NC(C(=O)O)C(C)C)c2)CCCCN(C)C1. The Labute approximate surface area is 195 Å². The van der Waals surface area contributed by atoms with E-state index in [-0.39, 0.29) is 17.1 Å². The molecule has 2 rings (SSSR count). The zero-order chi connectivity index (χ0) is 24.6. The second kappa shape index (κ2) is 11.8. The lowest BCUT2D eigenvalue weighted by Gasteiger charge is -2.35. The molecular weight excluding hydrogens is 424 g/mol. The number of amides is 1. The number of carbonyl (C=O) groups is 3. The Hall–Kier alpha value is -2.87. The van der Waals surface area contributed by atoms with E-state index in [2.05, 4.69) is 30.3 Å². The van der Waals surface area contributed by atoms with Crippen LogP contribution in [0.4, 0.5) is 0 Å². The normalized spacial score (nSPS) is 20.6. The third-order valence-corrected chi connectivity index (χ3v) is 6.27. The molecule has 0 radical (unpaired) electrons. The van der Waals surface area contributed by atoms with Gasteiger partial charge in [0, 0.05) is 12.0 Å². The van der Waals surface area contributed by atoms with Crippen molar-refractivity contribution >= 4 is 17.8 Å². The summed E-state index contributed by atoms with van der Waals surface area (Å²) in [5, 5.41) is 11.6. The molecule has 8 nitrogen and oxygen atoms in total. The largest absolute Gasteiger partial charge is 0.491 e. The molecule has 0 saturated carbocycles. The van der Waals surface area contributed by atoms with Crippen molar-refractivity contribution in [1.82, 2.24) is 10.2 Å². The second-order valence-corrected chi connectivity index (χ2v) is 9.02. The van der Waals surface area contributed by atoms with E-state index in [1.807, 2.05) is 12.1 Å². The molecule has 1 saturated heterocycles. The summed E-state index contributed by atoms with van der Waals surface area (Å²) in [4.78, 5) is 38.6. The Morgan fingerprint density at radius 3 is 2.61 bits per heavy atom. The van der Waals surface area contributed by atoms with E-state index >= 15 is 0 Å². The number of likely N-dealkylation sites (tertiary alicyclic amines) is 1. The fraction of sp³-hybridized carbons (Fsp3) is 0.560. The van der Waals surface area contributed by atoms with Crippen LogP contribution in [0.3, 0.4) is 0 Å². The maximum absolute atomic E-state index is 12.5. The van der Waals surface area contributed by atoms with Crippen LogP contribution in [0.15, 0.2) is 36.1 Å². The van der Waals surface area contributed by atoms with Crippen molar-refractivity contribution in [2.75, 3.05) is 27.2 Å². The molecule has 8 heteroatoms. The lowest BCUT2D eigenvalue weighted by molar-refractivity contribution is -0.142. The molecule has 0 bridgehead atoms. The summed E-state index contributed by atoms with van der Waals surface area (Å²) in [6, 6.07) is 6.42. The molecule has 33 heavy (non-hydrogen) atoms. The maximum atomic E-state index is 12.5. The number of carboxylic acid groups (broad SMARTS) is 1. The number of esters is 1. The summed E-state index contributed by atoms with van der Waals surface area (Å²) in [6.07, 6.45) is 5.28. The Bertz CT molecular complexity index is 881. The first kappa shape index (κ1) is 26.4. The lowest BCUT2D eigenvalue weighted by Crippen LogP contribution is -2.45. The highest BCUT2D eigenvalue weighted by molar-refractivity contribution is 5.99. The standard InChI is InChI=1S/C25H36N2O6/c1-6-25(12-7-8-13-27(4)16-25)18-10-9-11-19(14-18)33-21(28)15-20(32-5)23(29)26-22(17(2)3)24(30)31/h9-11,14-15,17,22H,6-8,12-13,16H2,1-5H3,(H,26,29)(H,30,31)/b20-15-. The Morgan fingerprint density at radius 2 is 2.00 bits per heavy atom. The van der Waals surface area contributed by atoms with Crippen LogP contribution in [-0.4, -0.2) is 61.1 Å². The highest BCUT2D eigenvalue weighted by Crippen LogP contribution is 2.37. The van der Waals surface area contributed by atoms with E-state index in [4.69, 9.17) is 9.47 Å². The molecule has 1 aromatic rings. The first-order valence-electron chi connectivity index (χ1n) is 11.4. The van der Waals surface area contributed by atoms with Gasteiger partial charge in [0.15, 0.2) is 5.76 Å². The minimum atomic E-state index is -1.16. The number of methoxy groups -OCH3 is 1. The van der Waals surface area contributed by atoms with E-state index in [0.717, 1.165) is 44.0 Å². The number of rotatable bonds is 9. The van der Waals surface area contributed by atoms with Gasteiger partial charge in [-0.2, -0.15) is 0 Å². The van der Waals surface area contributed by atoms with Crippen LogP contribution in [0.2, 0.25) is 0 Å². The first-order chi connectivity index (χ1) is 15.6. The Kier molecular flexibility index (Phi) is 9.46. The number of carbonyl (C=O) groups excluding carboxylic acids is 2. The van der Waals surface area contributed by atoms with Gasteiger partial charge < -0.3 is 24.8 Å². The summed E-state index contributed by atoms with van der Waals surface area (Å²) < 4.78 is 10.5. The molecule has 1 aromatic carbocycles. The average Bonchev–Trinajstić information content (AvgIpc) is 2.97. The molecule has 0 spiro atoms. The van der Waals surface area contributed by atoms with Gasteiger partial charge in [-0.1, -0.05) is 39.3 Å². The third-order valence-electron chi connectivity index (χ3n) is 6.27. The topological polar surface area (TPSA) is 105 Å². The molecule has 1 amide bonds. The van der Waals surface area contributed by atoms with Crippen LogP contribution in [0.25, 0.3) is 0 Å². The number of ether oxygens (including phenoxy) is 2. The molecule has 1 aliphatic heterocycles. The van der Waals surface area contributed by atoms with Crippen LogP contribution in [0.5, 0.6) is 5.75 Å². The average molecular weight is 461 g/mol. The van der Waals surface area contributed by atoms with Crippen molar-refractivity contribution in [3.8, 4) is 5.75 Å². The maximum Gasteiger partial charge on any atom is 0.340 e. The molecule has 1 aliphatic rings. The van der Waals surface area contributed by atoms with E-state index in [1.54, 1.807) is 19.9 Å². The molecule has 182 valence electrons. The third kappa shape index (κ3) is 7.05.